The highest BCUT2D eigenvalue weighted by atomic mass is 32.2. The van der Waals surface area contributed by atoms with Crippen LogP contribution in [0.5, 0.6) is 0 Å². The van der Waals surface area contributed by atoms with Crippen molar-refractivity contribution in [3.8, 4) is 0 Å². The minimum absolute atomic E-state index is 0.139. The molecule has 1 aromatic heterocycles. The van der Waals surface area contributed by atoms with Crippen molar-refractivity contribution in [1.82, 2.24) is 25.4 Å². The van der Waals surface area contributed by atoms with Crippen molar-refractivity contribution in [1.29, 1.82) is 0 Å². The molecule has 2 heterocycles. The summed E-state index contributed by atoms with van der Waals surface area (Å²) in [6.07, 6.45) is 4.08. The lowest BCUT2D eigenvalue weighted by atomic mass is 10.1. The third-order valence-corrected chi connectivity index (χ3v) is 4.91. The molecule has 1 atom stereocenters. The standard InChI is InChI=1S/C12H21N5OS/c1-3-17-9-15-16-10(17)7-13-11(18)14-8-12(2)5-4-6-19-12/h9H,3-8H2,1-2H3,(H2,13,14,18)/t12-/m0/s1. The van der Waals surface area contributed by atoms with Gasteiger partial charge in [0.25, 0.3) is 0 Å². The molecule has 1 aliphatic heterocycles. The van der Waals surface area contributed by atoms with Crippen molar-refractivity contribution < 1.29 is 4.79 Å². The minimum atomic E-state index is -0.139. The normalized spacial score (nSPS) is 22.4. The van der Waals surface area contributed by atoms with E-state index in [1.807, 2.05) is 23.3 Å². The van der Waals surface area contributed by atoms with Crippen LogP contribution in [0.2, 0.25) is 0 Å². The Morgan fingerprint density at radius 2 is 2.42 bits per heavy atom. The van der Waals surface area contributed by atoms with E-state index in [9.17, 15) is 4.79 Å². The van der Waals surface area contributed by atoms with Crippen LogP contribution in [0.15, 0.2) is 6.33 Å². The number of thioether (sulfide) groups is 1. The summed E-state index contributed by atoms with van der Waals surface area (Å²) in [6.45, 7) is 6.15. The molecule has 0 unspecified atom stereocenters. The number of carbonyl (C=O) groups excluding carboxylic acids is 1. The molecular weight excluding hydrogens is 262 g/mol. The van der Waals surface area contributed by atoms with E-state index in [1.54, 1.807) is 6.33 Å². The van der Waals surface area contributed by atoms with E-state index in [0.29, 0.717) is 13.1 Å². The third-order valence-electron chi connectivity index (χ3n) is 3.37. The Balaban J connectivity index is 1.73. The molecule has 2 N–H and O–H groups in total. The van der Waals surface area contributed by atoms with Gasteiger partial charge in [-0.05, 0) is 32.4 Å². The van der Waals surface area contributed by atoms with E-state index >= 15 is 0 Å². The molecule has 0 aromatic carbocycles. The maximum atomic E-state index is 11.7. The van der Waals surface area contributed by atoms with E-state index in [0.717, 1.165) is 12.4 Å². The van der Waals surface area contributed by atoms with Crippen LogP contribution in [0, 0.1) is 0 Å². The lowest BCUT2D eigenvalue weighted by Gasteiger charge is -2.22. The number of amides is 2. The van der Waals surface area contributed by atoms with E-state index in [2.05, 4.69) is 27.8 Å². The molecule has 1 saturated heterocycles. The van der Waals surface area contributed by atoms with Crippen LogP contribution in [0.1, 0.15) is 32.5 Å². The van der Waals surface area contributed by atoms with Gasteiger partial charge >= 0.3 is 6.03 Å². The van der Waals surface area contributed by atoms with E-state index in [-0.39, 0.29) is 10.8 Å². The van der Waals surface area contributed by atoms with Crippen molar-refractivity contribution in [3.63, 3.8) is 0 Å². The number of aromatic nitrogens is 3. The van der Waals surface area contributed by atoms with Gasteiger partial charge < -0.3 is 15.2 Å². The monoisotopic (exact) mass is 283 g/mol. The molecule has 2 amide bonds. The second-order valence-electron chi connectivity index (χ2n) is 4.97. The fourth-order valence-corrected chi connectivity index (χ4v) is 3.39. The molecule has 106 valence electrons. The highest BCUT2D eigenvalue weighted by Crippen LogP contribution is 2.36. The number of urea groups is 1. The van der Waals surface area contributed by atoms with Crippen LogP contribution >= 0.6 is 11.8 Å². The van der Waals surface area contributed by atoms with Crippen LogP contribution in [0.4, 0.5) is 4.79 Å². The van der Waals surface area contributed by atoms with Crippen molar-refractivity contribution >= 4 is 17.8 Å². The van der Waals surface area contributed by atoms with Gasteiger partial charge in [-0.1, -0.05) is 0 Å². The highest BCUT2D eigenvalue weighted by Gasteiger charge is 2.29. The van der Waals surface area contributed by atoms with Crippen LogP contribution in [0.25, 0.3) is 0 Å². The highest BCUT2D eigenvalue weighted by molar-refractivity contribution is 8.00. The number of rotatable bonds is 5. The van der Waals surface area contributed by atoms with Crippen LogP contribution in [-0.2, 0) is 13.1 Å². The van der Waals surface area contributed by atoms with E-state index in [1.165, 1.54) is 18.6 Å². The average molecular weight is 283 g/mol. The van der Waals surface area contributed by atoms with Gasteiger partial charge in [0.15, 0.2) is 5.82 Å². The summed E-state index contributed by atoms with van der Waals surface area (Å²) in [7, 11) is 0. The first-order chi connectivity index (χ1) is 9.13. The number of hydrogen-bond donors (Lipinski definition) is 2. The number of carbonyl (C=O) groups is 1. The number of nitrogens with zero attached hydrogens (tertiary/aromatic N) is 3. The molecular formula is C12H21N5OS. The first-order valence-electron chi connectivity index (χ1n) is 6.65. The van der Waals surface area contributed by atoms with Crippen LogP contribution < -0.4 is 10.6 Å². The minimum Gasteiger partial charge on any atom is -0.337 e. The summed E-state index contributed by atoms with van der Waals surface area (Å²) in [5.41, 5.74) is 0. The summed E-state index contributed by atoms with van der Waals surface area (Å²) in [5.74, 6) is 1.97. The molecule has 0 saturated carbocycles. The summed E-state index contributed by atoms with van der Waals surface area (Å²) >= 11 is 1.94. The molecule has 0 aliphatic carbocycles. The number of nitrogens with one attached hydrogen (secondary N) is 2. The molecule has 2 rings (SSSR count). The quantitative estimate of drug-likeness (QED) is 0.856. The molecule has 0 spiro atoms. The summed E-state index contributed by atoms with van der Waals surface area (Å²) in [6, 6.07) is -0.139. The molecule has 6 nitrogen and oxygen atoms in total. The molecule has 1 fully saturated rings. The van der Waals surface area contributed by atoms with Crippen LogP contribution in [-0.4, -0.2) is 37.8 Å². The number of aryl methyl sites for hydroxylation is 1. The van der Waals surface area contributed by atoms with Gasteiger partial charge in [0.05, 0.1) is 6.54 Å². The van der Waals surface area contributed by atoms with Gasteiger partial charge in [0, 0.05) is 17.8 Å². The Kier molecular flexibility index (Phi) is 4.68. The van der Waals surface area contributed by atoms with Crippen molar-refractivity contribution in [2.75, 3.05) is 12.3 Å². The van der Waals surface area contributed by atoms with Crippen molar-refractivity contribution in [2.45, 2.75) is 44.5 Å². The molecule has 7 heteroatoms. The van der Waals surface area contributed by atoms with Crippen LogP contribution in [0.3, 0.4) is 0 Å². The zero-order valence-electron chi connectivity index (χ0n) is 11.5. The van der Waals surface area contributed by atoms with E-state index < -0.39 is 0 Å². The Morgan fingerprint density at radius 3 is 3.11 bits per heavy atom. The van der Waals surface area contributed by atoms with Gasteiger partial charge in [-0.15, -0.1) is 10.2 Å². The summed E-state index contributed by atoms with van der Waals surface area (Å²) < 4.78 is 2.11. The predicted octanol–water partition coefficient (Wildman–Crippen LogP) is 1.38. The van der Waals surface area contributed by atoms with Gasteiger partial charge in [-0.3, -0.25) is 0 Å². The largest absolute Gasteiger partial charge is 0.337 e. The lowest BCUT2D eigenvalue weighted by Crippen LogP contribution is -2.42. The summed E-state index contributed by atoms with van der Waals surface area (Å²) in [5, 5.41) is 13.6. The van der Waals surface area contributed by atoms with Gasteiger partial charge in [-0.2, -0.15) is 11.8 Å². The average Bonchev–Trinajstić information content (AvgIpc) is 3.03. The number of hydrogen-bond acceptors (Lipinski definition) is 4. The zero-order chi connectivity index (χ0) is 13.7. The second kappa shape index (κ2) is 6.27. The fourth-order valence-electron chi connectivity index (χ4n) is 2.15. The second-order valence-corrected chi connectivity index (χ2v) is 6.65. The first-order valence-corrected chi connectivity index (χ1v) is 7.64. The molecule has 0 radical (unpaired) electrons. The van der Waals surface area contributed by atoms with E-state index in [4.69, 9.17) is 0 Å². The predicted molar refractivity (Wildman–Crippen MR) is 76.0 cm³/mol. The zero-order valence-corrected chi connectivity index (χ0v) is 12.3. The molecule has 1 aromatic rings. The molecule has 19 heavy (non-hydrogen) atoms. The van der Waals surface area contributed by atoms with Crippen molar-refractivity contribution in [3.05, 3.63) is 12.2 Å². The Hall–Kier alpha value is -1.24. The smallest absolute Gasteiger partial charge is 0.315 e. The fraction of sp³-hybridized carbons (Fsp3) is 0.750. The lowest BCUT2D eigenvalue weighted by molar-refractivity contribution is 0.239. The summed E-state index contributed by atoms with van der Waals surface area (Å²) in [4.78, 5) is 11.7. The van der Waals surface area contributed by atoms with Gasteiger partial charge in [0.1, 0.15) is 6.33 Å². The maximum absolute atomic E-state index is 11.7. The molecule has 1 aliphatic rings. The third kappa shape index (κ3) is 3.86. The maximum Gasteiger partial charge on any atom is 0.315 e. The molecule has 0 bridgehead atoms. The Morgan fingerprint density at radius 1 is 1.58 bits per heavy atom. The Bertz CT molecular complexity index is 428. The first kappa shape index (κ1) is 14.2. The Labute approximate surface area is 117 Å². The van der Waals surface area contributed by atoms with Gasteiger partial charge in [-0.25, -0.2) is 4.79 Å². The van der Waals surface area contributed by atoms with Gasteiger partial charge in [0.2, 0.25) is 0 Å². The van der Waals surface area contributed by atoms with Crippen molar-refractivity contribution in [2.24, 2.45) is 0 Å². The topological polar surface area (TPSA) is 71.8 Å². The SMILES string of the molecule is CCn1cnnc1CNC(=O)NC[C@]1(C)CCCS1.